The third-order valence-corrected chi connectivity index (χ3v) is 4.75. The number of benzene rings is 1. The molecule has 3 N–H and O–H groups in total. The van der Waals surface area contributed by atoms with Gasteiger partial charge < -0.3 is 15.4 Å². The molecule has 0 radical (unpaired) electrons. The fourth-order valence-corrected chi connectivity index (χ4v) is 2.98. The summed E-state index contributed by atoms with van der Waals surface area (Å²) in [5.74, 6) is 0.0899. The minimum Gasteiger partial charge on any atom is -0.495 e. The molecule has 6 nitrogen and oxygen atoms in total. The van der Waals surface area contributed by atoms with Crippen molar-refractivity contribution in [3.63, 3.8) is 0 Å². The number of rotatable bonds is 7. The molecule has 0 aliphatic carbocycles. The van der Waals surface area contributed by atoms with E-state index in [1.807, 2.05) is 24.4 Å². The van der Waals surface area contributed by atoms with Gasteiger partial charge in [-0.05, 0) is 36.4 Å². The van der Waals surface area contributed by atoms with Gasteiger partial charge in [-0.1, -0.05) is 17.7 Å². The second kappa shape index (κ2) is 9.29. The molecule has 1 aromatic heterocycles. The molecule has 0 saturated carbocycles. The Balaban J connectivity index is 1.76. The quantitative estimate of drug-likeness (QED) is 0.688. The van der Waals surface area contributed by atoms with E-state index in [1.165, 1.54) is 12.0 Å². The first-order valence-corrected chi connectivity index (χ1v) is 8.93. The van der Waals surface area contributed by atoms with Crippen LogP contribution in [-0.4, -0.2) is 32.1 Å². The molecule has 0 bridgehead atoms. The number of hydrogen-bond acceptors (Lipinski definition) is 5. The number of methoxy groups -OCH3 is 1. The van der Waals surface area contributed by atoms with E-state index in [9.17, 15) is 9.59 Å². The number of aryl methyl sites for hydroxylation is 1. The topological polar surface area (TPSA) is 79.5 Å². The molecule has 1 heterocycles. The molecule has 0 spiro atoms. The maximum absolute atomic E-state index is 11.9. The molecular weight excluding hydrogens is 362 g/mol. The van der Waals surface area contributed by atoms with Gasteiger partial charge in [0.1, 0.15) is 5.75 Å². The number of halogens is 1. The van der Waals surface area contributed by atoms with Crippen LogP contribution in [0.5, 0.6) is 5.75 Å². The summed E-state index contributed by atoms with van der Waals surface area (Å²) in [6, 6.07) is 6.91. The summed E-state index contributed by atoms with van der Waals surface area (Å²) < 4.78 is 5.23. The monoisotopic (exact) mass is 381 g/mol. The summed E-state index contributed by atoms with van der Waals surface area (Å²) in [7, 11) is 1.52. The van der Waals surface area contributed by atoms with E-state index in [-0.39, 0.29) is 6.54 Å². The molecule has 1 aromatic carbocycles. The molecule has 0 unspecified atom stereocenters. The van der Waals surface area contributed by atoms with E-state index < -0.39 is 11.9 Å². The molecule has 0 aliphatic heterocycles. The number of nitrogens with one attached hydrogen (secondary N) is 3. The Morgan fingerprint density at radius 3 is 2.80 bits per heavy atom. The van der Waals surface area contributed by atoms with Gasteiger partial charge in [-0.3, -0.25) is 10.1 Å². The number of ether oxygens (including phenoxy) is 1. The lowest BCUT2D eigenvalue weighted by Crippen LogP contribution is -2.42. The zero-order valence-corrected chi connectivity index (χ0v) is 15.6. The van der Waals surface area contributed by atoms with Crippen LogP contribution in [0, 0.1) is 6.92 Å². The zero-order valence-electron chi connectivity index (χ0n) is 14.0. The van der Waals surface area contributed by atoms with Crippen molar-refractivity contribution in [3.05, 3.63) is 45.1 Å². The van der Waals surface area contributed by atoms with Crippen LogP contribution in [0.1, 0.15) is 10.4 Å². The average Bonchev–Trinajstić information content (AvgIpc) is 3.08. The molecule has 0 atom stereocenters. The molecule has 0 aliphatic rings. The second-order valence-electron chi connectivity index (χ2n) is 5.29. The van der Waals surface area contributed by atoms with Crippen LogP contribution in [0.15, 0.2) is 29.6 Å². The first kappa shape index (κ1) is 19.1. The van der Waals surface area contributed by atoms with E-state index in [1.54, 1.807) is 23.5 Å². The summed E-state index contributed by atoms with van der Waals surface area (Å²) in [5.41, 5.74) is 1.49. The maximum Gasteiger partial charge on any atom is 0.321 e. The molecular formula is C17H20ClN3O3S. The minimum absolute atomic E-state index is 0.0597. The predicted octanol–water partition coefficient (Wildman–Crippen LogP) is 3.20. The summed E-state index contributed by atoms with van der Waals surface area (Å²) in [6.45, 7) is 2.26. The van der Waals surface area contributed by atoms with Crippen molar-refractivity contribution in [3.8, 4) is 5.75 Å². The smallest absolute Gasteiger partial charge is 0.321 e. The van der Waals surface area contributed by atoms with Gasteiger partial charge in [0.15, 0.2) is 0 Å². The third-order valence-electron chi connectivity index (χ3n) is 3.41. The highest BCUT2D eigenvalue weighted by Crippen LogP contribution is 2.30. The Bertz CT molecular complexity index is 735. The third kappa shape index (κ3) is 5.95. The molecule has 0 fully saturated rings. The highest BCUT2D eigenvalue weighted by Gasteiger charge is 2.10. The number of anilines is 1. The van der Waals surface area contributed by atoms with Crippen LogP contribution in [0.2, 0.25) is 5.02 Å². The normalized spacial score (nSPS) is 10.2. The fraction of sp³-hybridized carbons (Fsp3) is 0.294. The number of imide groups is 1. The van der Waals surface area contributed by atoms with Gasteiger partial charge in [-0.2, -0.15) is 0 Å². The summed E-state index contributed by atoms with van der Waals surface area (Å²) >= 11 is 7.67. The molecule has 8 heteroatoms. The van der Waals surface area contributed by atoms with Crippen LogP contribution in [0.4, 0.5) is 10.5 Å². The molecule has 2 aromatic rings. The van der Waals surface area contributed by atoms with Crippen LogP contribution < -0.4 is 20.7 Å². The Kier molecular flexibility index (Phi) is 7.09. The number of carbonyl (C=O) groups excluding carboxylic acids is 2. The van der Waals surface area contributed by atoms with Gasteiger partial charge in [-0.15, -0.1) is 11.3 Å². The van der Waals surface area contributed by atoms with Crippen LogP contribution >= 0.6 is 22.9 Å². The lowest BCUT2D eigenvalue weighted by molar-refractivity contribution is -0.118. The molecule has 0 saturated heterocycles. The summed E-state index contributed by atoms with van der Waals surface area (Å²) in [6.07, 6.45) is 0.735. The van der Waals surface area contributed by atoms with Crippen molar-refractivity contribution >= 4 is 40.6 Å². The first-order valence-electron chi connectivity index (χ1n) is 7.67. The number of hydrogen-bond donors (Lipinski definition) is 3. The van der Waals surface area contributed by atoms with Crippen molar-refractivity contribution in [1.82, 2.24) is 10.6 Å². The number of thiophene rings is 1. The lowest BCUT2D eigenvalue weighted by Gasteiger charge is -2.13. The van der Waals surface area contributed by atoms with Gasteiger partial charge in [0.2, 0.25) is 5.91 Å². The van der Waals surface area contributed by atoms with Crippen LogP contribution in [0.25, 0.3) is 0 Å². The Morgan fingerprint density at radius 2 is 2.12 bits per heavy atom. The number of amides is 3. The Morgan fingerprint density at radius 1 is 1.32 bits per heavy atom. The minimum atomic E-state index is -0.511. The molecule has 3 amide bonds. The van der Waals surface area contributed by atoms with E-state index in [4.69, 9.17) is 16.3 Å². The lowest BCUT2D eigenvalue weighted by atomic mass is 10.2. The van der Waals surface area contributed by atoms with Crippen LogP contribution in [0.3, 0.4) is 0 Å². The van der Waals surface area contributed by atoms with Crippen molar-refractivity contribution in [2.24, 2.45) is 0 Å². The Labute approximate surface area is 155 Å². The largest absolute Gasteiger partial charge is 0.495 e. The summed E-state index contributed by atoms with van der Waals surface area (Å²) in [4.78, 5) is 24.8. The molecule has 134 valence electrons. The van der Waals surface area contributed by atoms with E-state index in [0.717, 1.165) is 12.0 Å². The maximum atomic E-state index is 11.9. The highest BCUT2D eigenvalue weighted by atomic mass is 35.5. The zero-order chi connectivity index (χ0) is 18.2. The van der Waals surface area contributed by atoms with E-state index in [2.05, 4.69) is 16.0 Å². The van der Waals surface area contributed by atoms with Crippen molar-refractivity contribution in [2.75, 3.05) is 25.5 Å². The predicted molar refractivity (Wildman–Crippen MR) is 101 cm³/mol. The first-order chi connectivity index (χ1) is 12.0. The SMILES string of the molecule is COc1cc(Cl)c(C)cc1NCC(=O)NC(=O)NCCc1cccs1. The molecule has 2 rings (SSSR count). The van der Waals surface area contributed by atoms with E-state index in [0.29, 0.717) is 23.0 Å². The average molecular weight is 382 g/mol. The van der Waals surface area contributed by atoms with Crippen molar-refractivity contribution in [1.29, 1.82) is 0 Å². The van der Waals surface area contributed by atoms with Gasteiger partial charge in [0, 0.05) is 22.5 Å². The van der Waals surface area contributed by atoms with Gasteiger partial charge in [0.05, 0.1) is 19.3 Å². The van der Waals surface area contributed by atoms with Crippen LogP contribution in [-0.2, 0) is 11.2 Å². The summed E-state index contributed by atoms with van der Waals surface area (Å²) in [5, 5.41) is 10.4. The second-order valence-corrected chi connectivity index (χ2v) is 6.73. The highest BCUT2D eigenvalue weighted by molar-refractivity contribution is 7.09. The number of urea groups is 1. The van der Waals surface area contributed by atoms with Crippen molar-refractivity contribution in [2.45, 2.75) is 13.3 Å². The fourth-order valence-electron chi connectivity index (χ4n) is 2.11. The van der Waals surface area contributed by atoms with Crippen molar-refractivity contribution < 1.29 is 14.3 Å². The number of carbonyl (C=O) groups is 2. The van der Waals surface area contributed by atoms with Gasteiger partial charge >= 0.3 is 6.03 Å². The standard InChI is InChI=1S/C17H20ClN3O3S/c1-11-8-14(15(24-2)9-13(11)18)20-10-16(22)21-17(23)19-6-5-12-4-3-7-25-12/h3-4,7-9,20H,5-6,10H2,1-2H3,(H2,19,21,22,23). The molecule has 25 heavy (non-hydrogen) atoms. The van der Waals surface area contributed by atoms with Gasteiger partial charge in [0.25, 0.3) is 0 Å². The van der Waals surface area contributed by atoms with Gasteiger partial charge in [-0.25, -0.2) is 4.79 Å². The Hall–Kier alpha value is -2.25. The van der Waals surface area contributed by atoms with E-state index >= 15 is 0 Å².